The molecule has 0 atom stereocenters. The van der Waals surface area contributed by atoms with Crippen molar-refractivity contribution in [2.75, 3.05) is 99.6 Å². The van der Waals surface area contributed by atoms with Crippen LogP contribution in [0.5, 0.6) is 0 Å². The van der Waals surface area contributed by atoms with E-state index < -0.39 is 0 Å². The van der Waals surface area contributed by atoms with E-state index in [2.05, 4.69) is 28.3 Å². The molecule has 0 heterocycles. The van der Waals surface area contributed by atoms with E-state index in [1.807, 2.05) is 122 Å². The fourth-order valence-corrected chi connectivity index (χ4v) is 4.13. The fourth-order valence-electron chi connectivity index (χ4n) is 4.13. The molecule has 0 aromatic heterocycles. The summed E-state index contributed by atoms with van der Waals surface area (Å²) in [6.07, 6.45) is 11.2. The number of carbonyl (C=O) groups is 4. The Morgan fingerprint density at radius 3 is 1.59 bits per heavy atom. The molecular formula is C48H76N2O9. The highest BCUT2D eigenvalue weighted by atomic mass is 16.6. The summed E-state index contributed by atoms with van der Waals surface area (Å²) in [6.45, 7) is 23.7. The Kier molecular flexibility index (Phi) is 47.4. The van der Waals surface area contributed by atoms with Crippen LogP contribution in [0.25, 0.3) is 0 Å². The topological polar surface area (TPSA) is 121 Å². The molecular weight excluding hydrogens is 749 g/mol. The molecule has 2 rings (SSSR count). The van der Waals surface area contributed by atoms with Gasteiger partial charge in [0.05, 0.1) is 46.2 Å². The van der Waals surface area contributed by atoms with E-state index in [0.717, 1.165) is 17.7 Å². The van der Waals surface area contributed by atoms with Crippen LogP contribution in [0.1, 0.15) is 64.4 Å². The fraction of sp³-hybridized carbons (Fsp3) is 0.458. The number of anilines is 1. The lowest BCUT2D eigenvalue weighted by atomic mass is 9.98. The van der Waals surface area contributed by atoms with Crippen LogP contribution in [0.3, 0.4) is 0 Å². The smallest absolute Gasteiger partial charge is 0.293 e. The first-order valence-corrected chi connectivity index (χ1v) is 20.0. The van der Waals surface area contributed by atoms with Crippen LogP contribution in [-0.2, 0) is 38.1 Å². The predicted octanol–water partition coefficient (Wildman–Crippen LogP) is 8.74. The Balaban J connectivity index is -0.000000343. The van der Waals surface area contributed by atoms with Gasteiger partial charge >= 0.3 is 0 Å². The van der Waals surface area contributed by atoms with Gasteiger partial charge in [-0.2, -0.15) is 0 Å². The van der Waals surface area contributed by atoms with Crippen LogP contribution in [-0.4, -0.2) is 124 Å². The Hall–Kier alpha value is -4.78. The zero-order valence-corrected chi connectivity index (χ0v) is 38.5. The summed E-state index contributed by atoms with van der Waals surface area (Å²) in [6, 6.07) is 17.9. The van der Waals surface area contributed by atoms with Crippen LogP contribution >= 0.6 is 0 Å². The number of aldehydes is 1. The van der Waals surface area contributed by atoms with E-state index >= 15 is 0 Å². The highest BCUT2D eigenvalue weighted by Gasteiger charge is 2.11. The lowest BCUT2D eigenvalue weighted by Crippen LogP contribution is -2.12. The van der Waals surface area contributed by atoms with Crippen molar-refractivity contribution in [2.24, 2.45) is 0 Å². The second kappa shape index (κ2) is 45.9. The number of allylic oxidation sites excluding steroid dienone is 8. The van der Waals surface area contributed by atoms with E-state index in [-0.39, 0.29) is 18.2 Å². The third-order valence-corrected chi connectivity index (χ3v) is 7.00. The number of Topliss-reactive ketones (excluding diaryl/α,β-unsaturated/α-hetero) is 2. The molecule has 0 radical (unpaired) electrons. The van der Waals surface area contributed by atoms with Crippen molar-refractivity contribution >= 4 is 30.0 Å². The average molecular weight is 825 g/mol. The van der Waals surface area contributed by atoms with Crippen LogP contribution in [0, 0.1) is 6.92 Å². The van der Waals surface area contributed by atoms with Gasteiger partial charge < -0.3 is 33.5 Å². The molecule has 11 heteroatoms. The quantitative estimate of drug-likeness (QED) is 0.0352. The average Bonchev–Trinajstić information content (AvgIpc) is 3.25. The van der Waals surface area contributed by atoms with Crippen molar-refractivity contribution in [1.82, 2.24) is 4.90 Å². The molecule has 332 valence electrons. The molecule has 0 aliphatic heterocycles. The van der Waals surface area contributed by atoms with E-state index in [0.29, 0.717) is 75.7 Å². The molecule has 0 bridgehead atoms. The molecule has 2 aromatic carbocycles. The molecule has 0 saturated heterocycles. The van der Waals surface area contributed by atoms with E-state index in [9.17, 15) is 19.2 Å². The van der Waals surface area contributed by atoms with Crippen molar-refractivity contribution in [1.29, 1.82) is 0 Å². The number of methoxy groups -OCH3 is 1. The van der Waals surface area contributed by atoms with Crippen molar-refractivity contribution in [2.45, 2.75) is 55.4 Å². The Bertz CT molecular complexity index is 1460. The number of likely N-dealkylation sites (N-methyl/N-ethyl adjacent to an activating group) is 1. The number of rotatable bonds is 23. The van der Waals surface area contributed by atoms with Gasteiger partial charge in [-0.25, -0.2) is 0 Å². The minimum atomic E-state index is -0.0762. The summed E-state index contributed by atoms with van der Waals surface area (Å²) in [5.74, 6) is -0.0410. The summed E-state index contributed by atoms with van der Waals surface area (Å²) in [7, 11) is 9.69. The molecule has 0 aliphatic carbocycles. The van der Waals surface area contributed by atoms with E-state index in [4.69, 9.17) is 18.9 Å². The Labute approximate surface area is 357 Å². The first-order chi connectivity index (χ1) is 28.4. The van der Waals surface area contributed by atoms with Crippen LogP contribution < -0.4 is 4.90 Å². The molecule has 0 saturated carbocycles. The Morgan fingerprint density at radius 1 is 0.712 bits per heavy atom. The van der Waals surface area contributed by atoms with Crippen molar-refractivity contribution in [3.8, 4) is 0 Å². The highest BCUT2D eigenvalue weighted by Crippen LogP contribution is 2.14. The number of hydrogen-bond donors (Lipinski definition) is 0. The van der Waals surface area contributed by atoms with Crippen molar-refractivity contribution in [3.63, 3.8) is 0 Å². The minimum Gasteiger partial charge on any atom is -0.465 e. The number of hydrogen-bond acceptors (Lipinski definition) is 11. The third-order valence-electron chi connectivity index (χ3n) is 7.00. The number of aryl methyl sites for hydroxylation is 1. The summed E-state index contributed by atoms with van der Waals surface area (Å²) in [4.78, 5) is 47.6. The molecule has 0 aliphatic rings. The first kappa shape index (κ1) is 60.9. The van der Waals surface area contributed by atoms with Gasteiger partial charge in [-0.3, -0.25) is 19.2 Å². The number of carbonyl (C=O) groups excluding carboxylic acids is 4. The maximum atomic E-state index is 12.5. The summed E-state index contributed by atoms with van der Waals surface area (Å²) >= 11 is 0. The number of ether oxygens (including phenoxy) is 5. The SMILES string of the molecule is C/C=C(C=O)\C(=C/C)C(C)=O.C=C/C=C(\C=C/CN(C)C)C(=O)c1ccccc1C.CC.CC.CN(C)c1ccccc1.COCCOCCOCCOCCOC=O. The Morgan fingerprint density at radius 2 is 1.22 bits per heavy atom. The number of ketones is 2. The first-order valence-electron chi connectivity index (χ1n) is 20.0. The van der Waals surface area contributed by atoms with Gasteiger partial charge in [0.15, 0.2) is 11.6 Å². The molecule has 0 spiro atoms. The zero-order chi connectivity index (χ0) is 45.7. The third kappa shape index (κ3) is 36.1. The normalized spacial score (nSPS) is 10.7. The van der Waals surface area contributed by atoms with Gasteiger partial charge in [0.1, 0.15) is 12.9 Å². The van der Waals surface area contributed by atoms with Gasteiger partial charge in [0.2, 0.25) is 0 Å². The monoisotopic (exact) mass is 825 g/mol. The molecule has 0 unspecified atom stereocenters. The van der Waals surface area contributed by atoms with Crippen LogP contribution in [0.2, 0.25) is 0 Å². The molecule has 59 heavy (non-hydrogen) atoms. The number of para-hydroxylation sites is 1. The van der Waals surface area contributed by atoms with E-state index in [1.54, 1.807) is 45.3 Å². The minimum absolute atomic E-state index is 0.0352. The summed E-state index contributed by atoms with van der Waals surface area (Å²) < 4.78 is 24.8. The van der Waals surface area contributed by atoms with Gasteiger partial charge in [-0.15, -0.1) is 0 Å². The molecule has 0 fully saturated rings. The van der Waals surface area contributed by atoms with Gasteiger partial charge in [0, 0.05) is 55.7 Å². The second-order valence-electron chi connectivity index (χ2n) is 11.8. The van der Waals surface area contributed by atoms with Crippen molar-refractivity contribution < 1.29 is 42.9 Å². The highest BCUT2D eigenvalue weighted by molar-refractivity contribution is 6.11. The molecule has 0 amide bonds. The molecule has 2 aromatic rings. The van der Waals surface area contributed by atoms with Gasteiger partial charge in [0.25, 0.3) is 6.47 Å². The van der Waals surface area contributed by atoms with Crippen LogP contribution in [0.15, 0.2) is 114 Å². The standard InChI is InChI=1S/C17H21NO.C10H20O6.C9H12O2.C8H11N.2C2H6/c1-5-9-15(11-8-13-18(3)4)17(19)16-12-7-6-10-14(16)2;1-12-2-3-13-4-5-14-6-7-15-8-9-16-10-11;1-4-8(6-10)9(5-2)7(3)11;1-9(2)8-6-4-3-5-7-8;2*1-2/h5-12H,1,13H2,2-4H3;10H,2-9H2,1H3;4-6H,1-3H3;3-7H,1-2H3;2*1-2H3/b11-8-,15-9+;;8-4-,9-5-;;;. The van der Waals surface area contributed by atoms with Gasteiger partial charge in [-0.05, 0) is 59.5 Å². The largest absolute Gasteiger partial charge is 0.465 e. The number of benzene rings is 2. The number of nitrogens with zero attached hydrogens (tertiary/aromatic N) is 2. The zero-order valence-electron chi connectivity index (χ0n) is 38.5. The van der Waals surface area contributed by atoms with Gasteiger partial charge in [-0.1, -0.05) is 113 Å². The summed E-state index contributed by atoms with van der Waals surface area (Å²) in [5.41, 5.74) is 4.58. The second-order valence-corrected chi connectivity index (χ2v) is 11.8. The van der Waals surface area contributed by atoms with E-state index in [1.165, 1.54) is 12.6 Å². The summed E-state index contributed by atoms with van der Waals surface area (Å²) in [5, 5.41) is 0. The lowest BCUT2D eigenvalue weighted by Gasteiger charge is -2.10. The predicted molar refractivity (Wildman–Crippen MR) is 246 cm³/mol. The molecule has 0 N–H and O–H groups in total. The maximum Gasteiger partial charge on any atom is 0.293 e. The van der Waals surface area contributed by atoms with Crippen molar-refractivity contribution in [3.05, 3.63) is 125 Å². The maximum absolute atomic E-state index is 12.5. The lowest BCUT2D eigenvalue weighted by molar-refractivity contribution is -0.130. The van der Waals surface area contributed by atoms with Crippen LogP contribution in [0.4, 0.5) is 5.69 Å². The molecule has 11 nitrogen and oxygen atoms in total.